The van der Waals surface area contributed by atoms with Gasteiger partial charge in [-0.2, -0.15) is 18.3 Å². The summed E-state index contributed by atoms with van der Waals surface area (Å²) in [7, 11) is 0. The molecule has 1 aromatic carbocycles. The number of hydrogen-bond donors (Lipinski definition) is 1. The molecule has 242 valence electrons. The number of rotatable bonds is 8. The van der Waals surface area contributed by atoms with Crippen molar-refractivity contribution in [2.75, 3.05) is 13.2 Å². The van der Waals surface area contributed by atoms with E-state index >= 15 is 0 Å². The Kier molecular flexibility index (Phi) is 9.07. The number of amides is 1. The number of aromatic nitrogens is 2. The number of ether oxygens (including phenoxy) is 1. The summed E-state index contributed by atoms with van der Waals surface area (Å²) in [5, 5.41) is 14.8. The third-order valence-corrected chi connectivity index (χ3v) is 10.9. The smallest absolute Gasteiger partial charge is 0.433 e. The highest BCUT2D eigenvalue weighted by molar-refractivity contribution is 6.36. The first kappa shape index (κ1) is 33.0. The predicted molar refractivity (Wildman–Crippen MR) is 156 cm³/mol. The molecule has 0 spiro atoms. The molecule has 3 fully saturated rings. The number of benzene rings is 1. The zero-order chi connectivity index (χ0) is 32.3. The molecule has 13 heteroatoms. The molecule has 0 radical (unpaired) electrons. The van der Waals surface area contributed by atoms with Crippen molar-refractivity contribution in [2.24, 2.45) is 29.1 Å². The van der Waals surface area contributed by atoms with Crippen molar-refractivity contribution < 1.29 is 37.0 Å². The molecule has 7 atom stereocenters. The summed E-state index contributed by atoms with van der Waals surface area (Å²) in [4.78, 5) is 27.7. The first-order valence-electron chi connectivity index (χ1n) is 15.0. The van der Waals surface area contributed by atoms with Gasteiger partial charge < -0.3 is 14.7 Å². The summed E-state index contributed by atoms with van der Waals surface area (Å²) in [5.41, 5.74) is -1.85. The molecule has 0 saturated heterocycles. The number of carbonyl (C=O) groups excluding carboxylic acids is 2. The number of aliphatic hydroxyl groups excluding tert-OH is 1. The third kappa shape index (κ3) is 5.96. The van der Waals surface area contributed by atoms with Gasteiger partial charge in [0.1, 0.15) is 5.82 Å². The minimum atomic E-state index is -4.91. The largest absolute Gasteiger partial charge is 0.466 e. The summed E-state index contributed by atoms with van der Waals surface area (Å²) in [5.74, 6) is -2.20. The first-order valence-corrected chi connectivity index (χ1v) is 15.8. The zero-order valence-electron chi connectivity index (χ0n) is 25.0. The molecule has 2 unspecified atom stereocenters. The van der Waals surface area contributed by atoms with E-state index in [0.717, 1.165) is 16.9 Å². The highest BCUT2D eigenvalue weighted by atomic mass is 35.5. The molecule has 1 amide bonds. The fourth-order valence-electron chi connectivity index (χ4n) is 7.68. The molecule has 3 saturated carbocycles. The van der Waals surface area contributed by atoms with Crippen LogP contribution in [0.25, 0.3) is 0 Å². The highest BCUT2D eigenvalue weighted by Gasteiger charge is 2.63. The summed E-state index contributed by atoms with van der Waals surface area (Å²) >= 11 is 12.4. The van der Waals surface area contributed by atoms with Crippen LogP contribution in [-0.2, 0) is 15.7 Å². The standard InChI is InChI=1S/C31H37Cl2F4N3O4/c1-5-44-29(43)18-7-6-16(10-15(18)2)40-27(31(35,36)37)19(13-38-40)28(42)39(17-11-20-21(12-17)30(20,3)4)14-24(41)25-22(32)8-9-23(34)26(25)33/h8-9,13,15-18,20-21,24,41H,5-7,10-12,14H2,1-4H3/t15-,16+,17?,18+,20-,21+,24?/m1/s1. The van der Waals surface area contributed by atoms with Crippen molar-refractivity contribution in [1.82, 2.24) is 14.7 Å². The maximum absolute atomic E-state index is 14.7. The number of halogens is 6. The number of hydrogen-bond acceptors (Lipinski definition) is 5. The van der Waals surface area contributed by atoms with Gasteiger partial charge in [0.25, 0.3) is 5.91 Å². The predicted octanol–water partition coefficient (Wildman–Crippen LogP) is 7.50. The minimum absolute atomic E-state index is 0.0250. The third-order valence-electron chi connectivity index (χ3n) is 10.2. The average molecular weight is 663 g/mol. The molecular formula is C31H37Cl2F4N3O4. The zero-order valence-corrected chi connectivity index (χ0v) is 26.5. The fraction of sp³-hybridized carbons (Fsp3) is 0.645. The maximum atomic E-state index is 14.7. The van der Waals surface area contributed by atoms with E-state index < -0.39 is 64.8 Å². The van der Waals surface area contributed by atoms with Gasteiger partial charge in [0.15, 0.2) is 5.69 Å². The molecule has 0 bridgehead atoms. The van der Waals surface area contributed by atoms with Crippen LogP contribution in [0.5, 0.6) is 0 Å². The lowest BCUT2D eigenvalue weighted by Crippen LogP contribution is -2.43. The molecule has 3 aliphatic carbocycles. The Balaban J connectivity index is 1.47. The van der Waals surface area contributed by atoms with Gasteiger partial charge in [-0.25, -0.2) is 4.39 Å². The van der Waals surface area contributed by atoms with Crippen molar-refractivity contribution in [2.45, 2.75) is 84.2 Å². The van der Waals surface area contributed by atoms with E-state index in [1.165, 1.54) is 11.0 Å². The van der Waals surface area contributed by atoms with Gasteiger partial charge in [0, 0.05) is 16.6 Å². The topological polar surface area (TPSA) is 84.7 Å². The van der Waals surface area contributed by atoms with E-state index in [9.17, 15) is 32.3 Å². The van der Waals surface area contributed by atoms with Gasteiger partial charge in [0.2, 0.25) is 0 Å². The van der Waals surface area contributed by atoms with Crippen LogP contribution < -0.4 is 0 Å². The fourth-order valence-corrected chi connectivity index (χ4v) is 8.30. The summed E-state index contributed by atoms with van der Waals surface area (Å²) in [6.45, 7) is 7.53. The Labute approximate surface area is 263 Å². The Morgan fingerprint density at radius 3 is 2.43 bits per heavy atom. The van der Waals surface area contributed by atoms with Crippen LogP contribution in [0.15, 0.2) is 18.3 Å². The van der Waals surface area contributed by atoms with Crippen molar-refractivity contribution in [3.63, 3.8) is 0 Å². The molecule has 0 aliphatic heterocycles. The van der Waals surface area contributed by atoms with E-state index in [4.69, 9.17) is 27.9 Å². The van der Waals surface area contributed by atoms with E-state index in [2.05, 4.69) is 18.9 Å². The monoisotopic (exact) mass is 661 g/mol. The second kappa shape index (κ2) is 12.1. The number of esters is 1. The van der Waals surface area contributed by atoms with Crippen LogP contribution in [0.3, 0.4) is 0 Å². The van der Waals surface area contributed by atoms with Gasteiger partial charge in [-0.05, 0) is 74.3 Å². The Morgan fingerprint density at radius 1 is 1.18 bits per heavy atom. The van der Waals surface area contributed by atoms with Crippen LogP contribution in [0, 0.1) is 34.9 Å². The minimum Gasteiger partial charge on any atom is -0.466 e. The quantitative estimate of drug-likeness (QED) is 0.180. The summed E-state index contributed by atoms with van der Waals surface area (Å²) < 4.78 is 64.4. The van der Waals surface area contributed by atoms with E-state index in [1.807, 2.05) is 0 Å². The second-order valence-corrected chi connectivity index (χ2v) is 13.8. The number of nitrogens with zero attached hydrogens (tertiary/aromatic N) is 3. The molecule has 1 N–H and O–H groups in total. The van der Waals surface area contributed by atoms with E-state index in [-0.39, 0.29) is 47.3 Å². The lowest BCUT2D eigenvalue weighted by Gasteiger charge is -2.35. The normalized spacial score (nSPS) is 28.3. The number of carbonyl (C=O) groups is 2. The molecular weight excluding hydrogens is 625 g/mol. The van der Waals surface area contributed by atoms with E-state index in [1.54, 1.807) is 13.8 Å². The second-order valence-electron chi connectivity index (χ2n) is 13.0. The molecule has 44 heavy (non-hydrogen) atoms. The molecule has 7 nitrogen and oxygen atoms in total. The van der Waals surface area contributed by atoms with Crippen LogP contribution in [-0.4, -0.2) is 50.9 Å². The van der Waals surface area contributed by atoms with E-state index in [0.29, 0.717) is 31.1 Å². The lowest BCUT2D eigenvalue weighted by molar-refractivity contribution is -0.153. The average Bonchev–Trinajstić information content (AvgIpc) is 3.37. The molecule has 2 aromatic rings. The van der Waals surface area contributed by atoms with Crippen molar-refractivity contribution in [3.05, 3.63) is 51.0 Å². The number of aliphatic hydroxyl groups is 1. The van der Waals surface area contributed by atoms with Crippen molar-refractivity contribution >= 4 is 35.1 Å². The molecule has 1 heterocycles. The van der Waals surface area contributed by atoms with Gasteiger partial charge in [-0.15, -0.1) is 0 Å². The Bertz CT molecular complexity index is 1420. The molecule has 3 aliphatic rings. The van der Waals surface area contributed by atoms with Gasteiger partial charge >= 0.3 is 12.1 Å². The van der Waals surface area contributed by atoms with Gasteiger partial charge in [-0.3, -0.25) is 14.3 Å². The van der Waals surface area contributed by atoms with Gasteiger partial charge in [-0.1, -0.05) is 44.0 Å². The molecule has 1 aromatic heterocycles. The van der Waals surface area contributed by atoms with Crippen LogP contribution in [0.2, 0.25) is 10.0 Å². The maximum Gasteiger partial charge on any atom is 0.433 e. The van der Waals surface area contributed by atoms with Crippen LogP contribution in [0.1, 0.15) is 93.6 Å². The first-order chi connectivity index (χ1) is 20.6. The van der Waals surface area contributed by atoms with Crippen LogP contribution >= 0.6 is 23.2 Å². The Hall–Kier alpha value is -2.37. The SMILES string of the molecule is CCOC(=O)[C@H]1CC[C@H](n2ncc(C(=O)N(CC(O)c3c(Cl)ccc(F)c3Cl)C3C[C@@H]4[C@H](C3)C4(C)C)c2C(F)(F)F)C[C@H]1C. The summed E-state index contributed by atoms with van der Waals surface area (Å²) in [6, 6.07) is 1.14. The molecule has 5 rings (SSSR count). The number of alkyl halides is 3. The van der Waals surface area contributed by atoms with Crippen LogP contribution in [0.4, 0.5) is 17.6 Å². The number of fused-ring (bicyclic) bond motifs is 1. The highest BCUT2D eigenvalue weighted by Crippen LogP contribution is 2.67. The van der Waals surface area contributed by atoms with Crippen molar-refractivity contribution in [1.29, 1.82) is 0 Å². The summed E-state index contributed by atoms with van der Waals surface area (Å²) in [6.07, 6.45) is -3.57. The van der Waals surface area contributed by atoms with Crippen molar-refractivity contribution in [3.8, 4) is 0 Å². The lowest BCUT2D eigenvalue weighted by atomic mass is 9.78. The Morgan fingerprint density at radius 2 is 1.84 bits per heavy atom. The van der Waals surface area contributed by atoms with Gasteiger partial charge in [0.05, 0.1) is 48.0 Å².